The van der Waals surface area contributed by atoms with Crippen LogP contribution in [0.25, 0.3) is 0 Å². The Hall–Kier alpha value is -2.31. The lowest BCUT2D eigenvalue weighted by Gasteiger charge is -2.33. The minimum Gasteiger partial charge on any atom is -0.352 e. The second-order valence-corrected chi connectivity index (χ2v) is 8.84. The summed E-state index contributed by atoms with van der Waals surface area (Å²) in [6.07, 6.45) is 4.82. The van der Waals surface area contributed by atoms with Gasteiger partial charge in [-0.15, -0.1) is 0 Å². The number of nitrogens with one attached hydrogen (secondary N) is 2. The van der Waals surface area contributed by atoms with Crippen LogP contribution in [-0.4, -0.2) is 42.4 Å². The molecular weight excluding hydrogens is 382 g/mol. The number of piperidine rings is 1. The Morgan fingerprint density at radius 3 is 2.93 bits per heavy atom. The Morgan fingerprint density at radius 1 is 1.21 bits per heavy atom. The highest BCUT2D eigenvalue weighted by Crippen LogP contribution is 2.38. The van der Waals surface area contributed by atoms with Gasteiger partial charge < -0.3 is 15.5 Å². The largest absolute Gasteiger partial charge is 0.352 e. The number of amides is 2. The number of fused-ring (bicyclic) bond motifs is 2. The van der Waals surface area contributed by atoms with Crippen LogP contribution in [0.4, 0.5) is 5.69 Å². The number of carbonyl (C=O) groups excluding carboxylic acids is 2. The van der Waals surface area contributed by atoms with Gasteiger partial charge in [-0.1, -0.05) is 30.3 Å². The summed E-state index contributed by atoms with van der Waals surface area (Å²) in [6.45, 7) is 5.14. The third-order valence-electron chi connectivity index (χ3n) is 5.69. The number of rotatable bonds is 5. The molecule has 0 spiro atoms. The molecule has 2 N–H and O–H groups in total. The van der Waals surface area contributed by atoms with Crippen molar-refractivity contribution in [3.63, 3.8) is 0 Å². The molecule has 0 saturated carbocycles. The van der Waals surface area contributed by atoms with E-state index in [-0.39, 0.29) is 11.8 Å². The Bertz CT molecular complexity index is 915. The predicted octanol–water partition coefficient (Wildman–Crippen LogP) is 4.40. The molecule has 2 heterocycles. The summed E-state index contributed by atoms with van der Waals surface area (Å²) >= 11 is 1.54. The van der Waals surface area contributed by atoms with Crippen LogP contribution in [0.2, 0.25) is 0 Å². The molecule has 1 fully saturated rings. The van der Waals surface area contributed by atoms with Gasteiger partial charge in [0.2, 0.25) is 0 Å². The summed E-state index contributed by atoms with van der Waals surface area (Å²) in [6, 6.07) is 13.7. The van der Waals surface area contributed by atoms with Gasteiger partial charge in [-0.25, -0.2) is 0 Å². The van der Waals surface area contributed by atoms with Gasteiger partial charge in [0.1, 0.15) is 0 Å². The molecule has 1 atom stereocenters. The second kappa shape index (κ2) is 9.01. The Morgan fingerprint density at radius 2 is 2.07 bits per heavy atom. The topological polar surface area (TPSA) is 61.4 Å². The first-order valence-electron chi connectivity index (χ1n) is 10.4. The Kier molecular flexibility index (Phi) is 6.21. The van der Waals surface area contributed by atoms with Crippen LogP contribution >= 0.6 is 11.8 Å². The Balaban J connectivity index is 1.36. The average molecular weight is 410 g/mol. The van der Waals surface area contributed by atoms with E-state index < -0.39 is 0 Å². The number of hydrogen-bond acceptors (Lipinski definition) is 4. The zero-order chi connectivity index (χ0) is 20.2. The van der Waals surface area contributed by atoms with E-state index in [2.05, 4.69) is 22.5 Å². The number of hydrogen-bond donors (Lipinski definition) is 2. The van der Waals surface area contributed by atoms with E-state index in [1.165, 1.54) is 25.8 Å². The summed E-state index contributed by atoms with van der Waals surface area (Å²) in [7, 11) is 0. The minimum atomic E-state index is -0.139. The fraction of sp³-hybridized carbons (Fsp3) is 0.391. The molecule has 0 aromatic heterocycles. The van der Waals surface area contributed by atoms with E-state index >= 15 is 0 Å². The highest BCUT2D eigenvalue weighted by molar-refractivity contribution is 7.99. The molecule has 0 aliphatic carbocycles. The van der Waals surface area contributed by atoms with Crippen molar-refractivity contribution in [2.24, 2.45) is 0 Å². The fourth-order valence-corrected chi connectivity index (χ4v) is 5.00. The maximum absolute atomic E-state index is 12.6. The van der Waals surface area contributed by atoms with Crippen molar-refractivity contribution in [3.8, 4) is 0 Å². The van der Waals surface area contributed by atoms with Crippen LogP contribution in [0.15, 0.2) is 52.3 Å². The molecule has 2 aromatic carbocycles. The monoisotopic (exact) mass is 409 g/mol. The van der Waals surface area contributed by atoms with Gasteiger partial charge in [-0.3, -0.25) is 9.59 Å². The first-order chi connectivity index (χ1) is 14.1. The number of carbonyl (C=O) groups is 2. The van der Waals surface area contributed by atoms with Gasteiger partial charge in [0.05, 0.1) is 11.3 Å². The minimum absolute atomic E-state index is 0.0968. The van der Waals surface area contributed by atoms with E-state index in [0.29, 0.717) is 29.4 Å². The van der Waals surface area contributed by atoms with Crippen LogP contribution < -0.4 is 10.6 Å². The summed E-state index contributed by atoms with van der Waals surface area (Å²) in [5, 5.41) is 5.96. The predicted molar refractivity (Wildman–Crippen MR) is 117 cm³/mol. The van der Waals surface area contributed by atoms with E-state index in [1.807, 2.05) is 36.4 Å². The van der Waals surface area contributed by atoms with Gasteiger partial charge in [0, 0.05) is 34.5 Å². The van der Waals surface area contributed by atoms with Crippen LogP contribution in [0.3, 0.4) is 0 Å². The smallest absolute Gasteiger partial charge is 0.256 e. The highest BCUT2D eigenvalue weighted by atomic mass is 32.2. The molecule has 0 unspecified atom stereocenters. The molecule has 2 aliphatic rings. The summed E-state index contributed by atoms with van der Waals surface area (Å²) in [5.74, 6) is -0.236. The van der Waals surface area contributed by atoms with Crippen molar-refractivity contribution in [3.05, 3.63) is 53.6 Å². The van der Waals surface area contributed by atoms with Crippen molar-refractivity contribution in [2.75, 3.05) is 25.0 Å². The fourth-order valence-electron chi connectivity index (χ4n) is 3.99. The highest BCUT2D eigenvalue weighted by Gasteiger charge is 2.21. The second-order valence-electron chi connectivity index (χ2n) is 7.75. The van der Waals surface area contributed by atoms with E-state index in [1.54, 1.807) is 17.8 Å². The van der Waals surface area contributed by atoms with Gasteiger partial charge in [0.25, 0.3) is 11.8 Å². The summed E-state index contributed by atoms with van der Waals surface area (Å²) < 4.78 is 0. The van der Waals surface area contributed by atoms with Crippen molar-refractivity contribution in [1.82, 2.24) is 10.2 Å². The molecule has 2 amide bonds. The maximum atomic E-state index is 12.6. The molecule has 1 saturated heterocycles. The summed E-state index contributed by atoms with van der Waals surface area (Å²) in [4.78, 5) is 29.5. The molecular formula is C23H27N3O2S. The molecule has 6 heteroatoms. The number of benzene rings is 2. The van der Waals surface area contributed by atoms with Crippen molar-refractivity contribution in [2.45, 2.75) is 48.4 Å². The quantitative estimate of drug-likeness (QED) is 0.719. The van der Waals surface area contributed by atoms with Gasteiger partial charge >= 0.3 is 0 Å². The van der Waals surface area contributed by atoms with Crippen LogP contribution in [0.5, 0.6) is 0 Å². The molecule has 2 aromatic rings. The number of anilines is 1. The van der Waals surface area contributed by atoms with Gasteiger partial charge in [0.15, 0.2) is 0 Å². The number of nitrogens with zero attached hydrogens (tertiary/aromatic N) is 1. The Labute approximate surface area is 176 Å². The van der Waals surface area contributed by atoms with Gasteiger partial charge in [-0.2, -0.15) is 0 Å². The molecule has 4 rings (SSSR count). The molecule has 2 aliphatic heterocycles. The lowest BCUT2D eigenvalue weighted by Crippen LogP contribution is -2.39. The van der Waals surface area contributed by atoms with E-state index in [0.717, 1.165) is 22.8 Å². The third-order valence-corrected chi connectivity index (χ3v) is 6.84. The first-order valence-corrected chi connectivity index (χ1v) is 11.2. The van der Waals surface area contributed by atoms with Gasteiger partial charge in [-0.05, 0) is 63.1 Å². The molecule has 29 heavy (non-hydrogen) atoms. The maximum Gasteiger partial charge on any atom is 0.256 e. The molecule has 0 bridgehead atoms. The van der Waals surface area contributed by atoms with E-state index in [9.17, 15) is 9.59 Å². The summed E-state index contributed by atoms with van der Waals surface area (Å²) in [5.41, 5.74) is 1.92. The lowest BCUT2D eigenvalue weighted by atomic mass is 10.0. The van der Waals surface area contributed by atoms with Crippen LogP contribution in [-0.2, 0) is 0 Å². The molecule has 152 valence electrons. The number of likely N-dealkylation sites (tertiary alicyclic amines) is 1. The van der Waals surface area contributed by atoms with Crippen LogP contribution in [0.1, 0.15) is 53.3 Å². The van der Waals surface area contributed by atoms with Crippen LogP contribution in [0, 0.1) is 0 Å². The molecule has 5 nitrogen and oxygen atoms in total. The van der Waals surface area contributed by atoms with Crippen molar-refractivity contribution >= 4 is 29.3 Å². The zero-order valence-electron chi connectivity index (χ0n) is 16.7. The third kappa shape index (κ3) is 4.65. The lowest BCUT2D eigenvalue weighted by molar-refractivity contribution is 0.0947. The zero-order valence-corrected chi connectivity index (χ0v) is 17.6. The average Bonchev–Trinajstić information content (AvgIpc) is 2.87. The van der Waals surface area contributed by atoms with Crippen molar-refractivity contribution in [1.29, 1.82) is 0 Å². The first kappa shape index (κ1) is 20.0. The van der Waals surface area contributed by atoms with E-state index in [4.69, 9.17) is 0 Å². The SMILES string of the molecule is C[C@H]1CCCCN1CCCNC(=O)c1ccc2c(c1)NC(=O)c1ccccc1S2. The normalized spacial score (nSPS) is 18.9. The molecule has 0 radical (unpaired) electrons. The standard InChI is InChI=1S/C23H27N3O2S/c1-16-7-4-5-13-26(16)14-6-12-24-22(27)17-10-11-21-19(15-17)25-23(28)18-8-2-3-9-20(18)29-21/h2-3,8-11,15-16H,4-7,12-14H2,1H3,(H,24,27)(H,25,28)/t16-/m0/s1. The van der Waals surface area contributed by atoms with Crippen molar-refractivity contribution < 1.29 is 9.59 Å².